The van der Waals surface area contributed by atoms with Crippen molar-refractivity contribution in [2.45, 2.75) is 13.3 Å². The Hall–Kier alpha value is -2.94. The number of rotatable bonds is 5. The second kappa shape index (κ2) is 7.01. The van der Waals surface area contributed by atoms with Gasteiger partial charge in [0, 0.05) is 6.54 Å². The average molecular weight is 281 g/mol. The van der Waals surface area contributed by atoms with E-state index in [0.717, 1.165) is 6.42 Å². The normalized spacial score (nSPS) is 9.71. The minimum Gasteiger partial charge on any atom is -0.351 e. The van der Waals surface area contributed by atoms with E-state index < -0.39 is 0 Å². The maximum Gasteiger partial charge on any atom is 0.271 e. The van der Waals surface area contributed by atoms with Crippen LogP contribution in [0.2, 0.25) is 0 Å². The van der Waals surface area contributed by atoms with Gasteiger partial charge in [-0.3, -0.25) is 4.79 Å². The molecule has 106 valence electrons. The molecule has 0 atom stereocenters. The maximum absolute atomic E-state index is 11.7. The van der Waals surface area contributed by atoms with Gasteiger partial charge in [-0.1, -0.05) is 19.1 Å². The summed E-state index contributed by atoms with van der Waals surface area (Å²) in [6, 6.07) is 12.4. The second-order valence-corrected chi connectivity index (χ2v) is 4.34. The first kappa shape index (κ1) is 14.5. The molecule has 2 N–H and O–H groups in total. The van der Waals surface area contributed by atoms with Crippen molar-refractivity contribution in [1.29, 1.82) is 5.26 Å². The number of hydrogen-bond donors (Lipinski definition) is 2. The van der Waals surface area contributed by atoms with Crippen LogP contribution in [0.5, 0.6) is 0 Å². The predicted octanol–water partition coefficient (Wildman–Crippen LogP) is 2.23. The molecule has 2 aromatic rings. The molecule has 1 aromatic heterocycles. The minimum atomic E-state index is -0.242. The van der Waals surface area contributed by atoms with E-state index in [-0.39, 0.29) is 11.6 Å². The number of carbonyl (C=O) groups excluding carboxylic acids is 1. The molecule has 0 bridgehead atoms. The van der Waals surface area contributed by atoms with E-state index >= 15 is 0 Å². The Kier molecular flexibility index (Phi) is 4.83. The highest BCUT2D eigenvalue weighted by molar-refractivity contribution is 5.92. The molecule has 0 aliphatic rings. The molecular formula is C15H15N5O. The van der Waals surface area contributed by atoms with Crippen LogP contribution in [0, 0.1) is 11.3 Å². The number of nitrogens with one attached hydrogen (secondary N) is 2. The molecule has 1 heterocycles. The minimum absolute atomic E-state index is 0.242. The zero-order valence-corrected chi connectivity index (χ0v) is 11.6. The molecule has 0 saturated heterocycles. The van der Waals surface area contributed by atoms with Gasteiger partial charge >= 0.3 is 0 Å². The number of anilines is 2. The largest absolute Gasteiger partial charge is 0.351 e. The van der Waals surface area contributed by atoms with Crippen molar-refractivity contribution in [2.24, 2.45) is 0 Å². The highest BCUT2D eigenvalue weighted by atomic mass is 16.1. The van der Waals surface area contributed by atoms with Gasteiger partial charge in [-0.15, -0.1) is 10.2 Å². The number of hydrogen-bond acceptors (Lipinski definition) is 5. The summed E-state index contributed by atoms with van der Waals surface area (Å²) in [6.07, 6.45) is 0.865. The van der Waals surface area contributed by atoms with Crippen molar-refractivity contribution in [2.75, 3.05) is 11.9 Å². The number of carbonyl (C=O) groups is 1. The number of nitriles is 1. The predicted molar refractivity (Wildman–Crippen MR) is 79.1 cm³/mol. The van der Waals surface area contributed by atoms with Crippen LogP contribution in [-0.2, 0) is 0 Å². The molecule has 0 radical (unpaired) electrons. The zero-order chi connectivity index (χ0) is 15.1. The van der Waals surface area contributed by atoms with E-state index in [4.69, 9.17) is 5.26 Å². The van der Waals surface area contributed by atoms with Gasteiger partial charge in [0.05, 0.1) is 11.3 Å². The molecule has 6 nitrogen and oxygen atoms in total. The Balaban J connectivity index is 2.09. The van der Waals surface area contributed by atoms with Crippen LogP contribution in [0.4, 0.5) is 11.5 Å². The summed E-state index contributed by atoms with van der Waals surface area (Å²) in [7, 11) is 0. The van der Waals surface area contributed by atoms with Crippen molar-refractivity contribution >= 4 is 17.4 Å². The van der Waals surface area contributed by atoms with Gasteiger partial charge in [0.15, 0.2) is 11.5 Å². The SMILES string of the molecule is CCCNC(=O)c1ccc(Nc2ccccc2C#N)nn1. The number of benzene rings is 1. The number of aromatic nitrogens is 2. The van der Waals surface area contributed by atoms with Crippen LogP contribution in [-0.4, -0.2) is 22.6 Å². The monoisotopic (exact) mass is 281 g/mol. The molecule has 0 saturated carbocycles. The highest BCUT2D eigenvalue weighted by Gasteiger charge is 2.08. The van der Waals surface area contributed by atoms with Crippen LogP contribution >= 0.6 is 0 Å². The first-order chi connectivity index (χ1) is 10.2. The summed E-state index contributed by atoms with van der Waals surface area (Å²) in [5, 5.41) is 22.6. The first-order valence-electron chi connectivity index (χ1n) is 6.62. The fourth-order valence-electron chi connectivity index (χ4n) is 1.68. The third-order valence-corrected chi connectivity index (χ3v) is 2.74. The number of amides is 1. The van der Waals surface area contributed by atoms with Gasteiger partial charge in [-0.05, 0) is 30.7 Å². The van der Waals surface area contributed by atoms with E-state index in [2.05, 4.69) is 26.9 Å². The lowest BCUT2D eigenvalue weighted by Crippen LogP contribution is -2.25. The van der Waals surface area contributed by atoms with Gasteiger partial charge in [-0.25, -0.2) is 0 Å². The summed E-state index contributed by atoms with van der Waals surface area (Å²) in [5.74, 6) is 0.234. The molecule has 0 spiro atoms. The quantitative estimate of drug-likeness (QED) is 0.877. The summed E-state index contributed by atoms with van der Waals surface area (Å²) < 4.78 is 0. The van der Waals surface area contributed by atoms with Crippen LogP contribution < -0.4 is 10.6 Å². The molecule has 0 aliphatic heterocycles. The summed E-state index contributed by atoms with van der Waals surface area (Å²) in [4.78, 5) is 11.7. The Bertz CT molecular complexity index is 661. The summed E-state index contributed by atoms with van der Waals surface area (Å²) in [5.41, 5.74) is 1.43. The van der Waals surface area contributed by atoms with Crippen molar-refractivity contribution in [3.05, 3.63) is 47.7 Å². The smallest absolute Gasteiger partial charge is 0.271 e. The fourth-order valence-corrected chi connectivity index (χ4v) is 1.68. The molecule has 6 heteroatoms. The van der Waals surface area contributed by atoms with Gasteiger partial charge in [0.1, 0.15) is 6.07 Å². The highest BCUT2D eigenvalue weighted by Crippen LogP contribution is 2.18. The maximum atomic E-state index is 11.7. The number of nitrogens with zero attached hydrogens (tertiary/aromatic N) is 3. The van der Waals surface area contributed by atoms with E-state index in [1.807, 2.05) is 13.0 Å². The molecule has 2 rings (SSSR count). The van der Waals surface area contributed by atoms with E-state index in [0.29, 0.717) is 23.6 Å². The molecule has 0 fully saturated rings. The van der Waals surface area contributed by atoms with E-state index in [1.54, 1.807) is 30.3 Å². The van der Waals surface area contributed by atoms with Crippen LogP contribution in [0.25, 0.3) is 0 Å². The molecule has 0 aliphatic carbocycles. The Morgan fingerprint density at radius 2 is 2.05 bits per heavy atom. The lowest BCUT2D eigenvalue weighted by Gasteiger charge is -2.07. The Morgan fingerprint density at radius 1 is 1.24 bits per heavy atom. The van der Waals surface area contributed by atoms with Crippen molar-refractivity contribution in [3.63, 3.8) is 0 Å². The summed E-state index contributed by atoms with van der Waals surface area (Å²) in [6.45, 7) is 2.58. The van der Waals surface area contributed by atoms with Gasteiger partial charge < -0.3 is 10.6 Å². The fraction of sp³-hybridized carbons (Fsp3) is 0.200. The topological polar surface area (TPSA) is 90.7 Å². The van der Waals surface area contributed by atoms with Gasteiger partial charge in [-0.2, -0.15) is 5.26 Å². The molecular weight excluding hydrogens is 266 g/mol. The summed E-state index contributed by atoms with van der Waals surface area (Å²) >= 11 is 0. The standard InChI is InChI=1S/C15H15N5O/c1-2-9-17-15(21)13-7-8-14(20-19-13)18-12-6-4-3-5-11(12)10-16/h3-8H,2,9H2,1H3,(H,17,21)(H,18,20). The molecule has 1 aromatic carbocycles. The second-order valence-electron chi connectivity index (χ2n) is 4.34. The molecule has 21 heavy (non-hydrogen) atoms. The Morgan fingerprint density at radius 3 is 2.71 bits per heavy atom. The van der Waals surface area contributed by atoms with Gasteiger partial charge in [0.25, 0.3) is 5.91 Å². The van der Waals surface area contributed by atoms with Crippen LogP contribution in [0.1, 0.15) is 29.4 Å². The van der Waals surface area contributed by atoms with Crippen molar-refractivity contribution < 1.29 is 4.79 Å². The van der Waals surface area contributed by atoms with E-state index in [1.165, 1.54) is 0 Å². The molecule has 1 amide bonds. The van der Waals surface area contributed by atoms with Crippen LogP contribution in [0.15, 0.2) is 36.4 Å². The lowest BCUT2D eigenvalue weighted by atomic mass is 10.2. The first-order valence-corrected chi connectivity index (χ1v) is 6.62. The average Bonchev–Trinajstić information content (AvgIpc) is 2.54. The van der Waals surface area contributed by atoms with Crippen molar-refractivity contribution in [3.8, 4) is 6.07 Å². The van der Waals surface area contributed by atoms with Crippen molar-refractivity contribution in [1.82, 2.24) is 15.5 Å². The third-order valence-electron chi connectivity index (χ3n) is 2.74. The zero-order valence-electron chi connectivity index (χ0n) is 11.6. The molecule has 0 unspecified atom stereocenters. The third kappa shape index (κ3) is 3.76. The van der Waals surface area contributed by atoms with Crippen LogP contribution in [0.3, 0.4) is 0 Å². The van der Waals surface area contributed by atoms with E-state index in [9.17, 15) is 4.79 Å². The Labute approximate surface area is 122 Å². The van der Waals surface area contributed by atoms with Gasteiger partial charge in [0.2, 0.25) is 0 Å². The lowest BCUT2D eigenvalue weighted by molar-refractivity contribution is 0.0947. The number of para-hydroxylation sites is 1.